The maximum Gasteiger partial charge on any atom is 0.340 e. The van der Waals surface area contributed by atoms with Crippen LogP contribution in [-0.4, -0.2) is 49.2 Å². The van der Waals surface area contributed by atoms with E-state index in [2.05, 4.69) is 15.3 Å². The topological polar surface area (TPSA) is 93.6 Å². The van der Waals surface area contributed by atoms with Crippen LogP contribution in [0.1, 0.15) is 23.2 Å². The second-order valence-electron chi connectivity index (χ2n) is 6.23. The zero-order chi connectivity index (χ0) is 19.2. The first-order valence-electron chi connectivity index (χ1n) is 8.71. The Balaban J connectivity index is 1.74. The first kappa shape index (κ1) is 18.6. The van der Waals surface area contributed by atoms with Gasteiger partial charge in [-0.05, 0) is 37.1 Å². The number of anilines is 2. The molecule has 1 aromatic heterocycles. The van der Waals surface area contributed by atoms with Gasteiger partial charge in [-0.1, -0.05) is 0 Å². The summed E-state index contributed by atoms with van der Waals surface area (Å²) in [7, 11) is 2.81. The molecule has 1 fully saturated rings. The van der Waals surface area contributed by atoms with Gasteiger partial charge in [0, 0.05) is 25.5 Å². The molecule has 0 aliphatic carbocycles. The highest BCUT2D eigenvalue weighted by Crippen LogP contribution is 2.26. The van der Waals surface area contributed by atoms with Crippen LogP contribution in [0.25, 0.3) is 0 Å². The second kappa shape index (κ2) is 8.48. The number of piperidine rings is 1. The summed E-state index contributed by atoms with van der Waals surface area (Å²) in [5, 5.41) is 2.86. The lowest BCUT2D eigenvalue weighted by molar-refractivity contribution is -0.120. The van der Waals surface area contributed by atoms with Gasteiger partial charge in [0.2, 0.25) is 11.9 Å². The van der Waals surface area contributed by atoms with Crippen molar-refractivity contribution >= 4 is 23.5 Å². The SMILES string of the molecule is COC(=O)c1cc(OC)ccc1NC(=O)C1CCCN(c2ncccn2)C1. The molecular formula is C19H22N4O4. The summed E-state index contributed by atoms with van der Waals surface area (Å²) >= 11 is 0. The third kappa shape index (κ3) is 4.33. The standard InChI is InChI=1S/C19H22N4O4/c1-26-14-6-7-16(15(11-14)18(25)27-2)22-17(24)13-5-3-10-23(12-13)19-20-8-4-9-21-19/h4,6-9,11,13H,3,5,10,12H2,1-2H3,(H,22,24). The van der Waals surface area contributed by atoms with Crippen molar-refractivity contribution in [2.75, 3.05) is 37.5 Å². The highest BCUT2D eigenvalue weighted by atomic mass is 16.5. The molecule has 0 spiro atoms. The van der Waals surface area contributed by atoms with E-state index >= 15 is 0 Å². The maximum absolute atomic E-state index is 12.8. The summed E-state index contributed by atoms with van der Waals surface area (Å²) in [4.78, 5) is 35.4. The van der Waals surface area contributed by atoms with Gasteiger partial charge in [0.15, 0.2) is 0 Å². The molecule has 8 heteroatoms. The van der Waals surface area contributed by atoms with Gasteiger partial charge < -0.3 is 19.7 Å². The number of nitrogens with zero attached hydrogens (tertiary/aromatic N) is 3. The van der Waals surface area contributed by atoms with Crippen LogP contribution < -0.4 is 15.0 Å². The molecule has 2 heterocycles. The number of methoxy groups -OCH3 is 2. The summed E-state index contributed by atoms with van der Waals surface area (Å²) < 4.78 is 9.96. The Morgan fingerprint density at radius 1 is 1.22 bits per heavy atom. The molecule has 27 heavy (non-hydrogen) atoms. The number of esters is 1. The Hall–Kier alpha value is -3.16. The smallest absolute Gasteiger partial charge is 0.340 e. The Kier molecular flexibility index (Phi) is 5.85. The van der Waals surface area contributed by atoms with E-state index in [9.17, 15) is 9.59 Å². The highest BCUT2D eigenvalue weighted by Gasteiger charge is 2.28. The number of hydrogen-bond donors (Lipinski definition) is 1. The van der Waals surface area contributed by atoms with Crippen LogP contribution in [-0.2, 0) is 9.53 Å². The number of ether oxygens (including phenoxy) is 2. The summed E-state index contributed by atoms with van der Waals surface area (Å²) in [6.45, 7) is 1.34. The molecular weight excluding hydrogens is 348 g/mol. The van der Waals surface area contributed by atoms with Gasteiger partial charge in [0.05, 0.1) is 31.4 Å². The van der Waals surface area contributed by atoms with Crippen molar-refractivity contribution in [2.24, 2.45) is 5.92 Å². The van der Waals surface area contributed by atoms with Crippen molar-refractivity contribution in [3.05, 3.63) is 42.2 Å². The Morgan fingerprint density at radius 3 is 2.70 bits per heavy atom. The average molecular weight is 370 g/mol. The number of benzene rings is 1. The minimum atomic E-state index is -0.535. The number of nitrogens with one attached hydrogen (secondary N) is 1. The fourth-order valence-electron chi connectivity index (χ4n) is 3.10. The summed E-state index contributed by atoms with van der Waals surface area (Å²) in [6, 6.07) is 6.64. The van der Waals surface area contributed by atoms with E-state index in [1.807, 2.05) is 4.90 Å². The van der Waals surface area contributed by atoms with Crippen molar-refractivity contribution < 1.29 is 19.1 Å². The molecule has 3 rings (SSSR count). The molecule has 0 bridgehead atoms. The first-order valence-corrected chi connectivity index (χ1v) is 8.71. The van der Waals surface area contributed by atoms with Crippen molar-refractivity contribution in [1.82, 2.24) is 9.97 Å². The molecule has 1 N–H and O–H groups in total. The Bertz CT molecular complexity index is 813. The van der Waals surface area contributed by atoms with Crippen LogP contribution in [0.4, 0.5) is 11.6 Å². The van der Waals surface area contributed by atoms with E-state index in [-0.39, 0.29) is 17.4 Å². The van der Waals surface area contributed by atoms with E-state index in [0.29, 0.717) is 23.9 Å². The number of amides is 1. The Labute approximate surface area is 157 Å². The number of carbonyl (C=O) groups is 2. The molecule has 0 saturated carbocycles. The van der Waals surface area contributed by atoms with E-state index < -0.39 is 5.97 Å². The molecule has 1 aliphatic rings. The number of aromatic nitrogens is 2. The molecule has 1 aliphatic heterocycles. The quantitative estimate of drug-likeness (QED) is 0.806. The fourth-order valence-corrected chi connectivity index (χ4v) is 3.10. The minimum absolute atomic E-state index is 0.147. The molecule has 8 nitrogen and oxygen atoms in total. The first-order chi connectivity index (χ1) is 13.1. The molecule has 0 radical (unpaired) electrons. The summed E-state index contributed by atoms with van der Waals surface area (Å²) in [5.41, 5.74) is 0.657. The van der Waals surface area contributed by atoms with Crippen LogP contribution in [0.5, 0.6) is 5.75 Å². The van der Waals surface area contributed by atoms with Gasteiger partial charge in [0.1, 0.15) is 5.75 Å². The predicted octanol–water partition coefficient (Wildman–Crippen LogP) is 2.13. The second-order valence-corrected chi connectivity index (χ2v) is 6.23. The fraction of sp³-hybridized carbons (Fsp3) is 0.368. The van der Waals surface area contributed by atoms with E-state index in [4.69, 9.17) is 9.47 Å². The van der Waals surface area contributed by atoms with Crippen LogP contribution in [0, 0.1) is 5.92 Å². The molecule has 1 unspecified atom stereocenters. The van der Waals surface area contributed by atoms with Crippen LogP contribution in [0.2, 0.25) is 0 Å². The van der Waals surface area contributed by atoms with Gasteiger partial charge in [-0.2, -0.15) is 0 Å². The summed E-state index contributed by atoms with van der Waals surface area (Å²) in [6.07, 6.45) is 5.00. The van der Waals surface area contributed by atoms with Gasteiger partial charge in [-0.25, -0.2) is 14.8 Å². The predicted molar refractivity (Wildman–Crippen MR) is 99.9 cm³/mol. The maximum atomic E-state index is 12.8. The van der Waals surface area contributed by atoms with E-state index in [1.54, 1.807) is 36.7 Å². The molecule has 1 saturated heterocycles. The summed E-state index contributed by atoms with van der Waals surface area (Å²) in [5.74, 6) is 0.224. The zero-order valence-corrected chi connectivity index (χ0v) is 15.3. The zero-order valence-electron chi connectivity index (χ0n) is 15.3. The lowest BCUT2D eigenvalue weighted by Gasteiger charge is -2.32. The number of hydrogen-bond acceptors (Lipinski definition) is 7. The van der Waals surface area contributed by atoms with Crippen molar-refractivity contribution in [3.63, 3.8) is 0 Å². The van der Waals surface area contributed by atoms with Crippen LogP contribution >= 0.6 is 0 Å². The highest BCUT2D eigenvalue weighted by molar-refractivity contribution is 6.02. The van der Waals surface area contributed by atoms with Gasteiger partial charge in [-0.15, -0.1) is 0 Å². The minimum Gasteiger partial charge on any atom is -0.497 e. The van der Waals surface area contributed by atoms with Gasteiger partial charge in [0.25, 0.3) is 0 Å². The monoisotopic (exact) mass is 370 g/mol. The lowest BCUT2D eigenvalue weighted by Crippen LogP contribution is -2.41. The van der Waals surface area contributed by atoms with Crippen LogP contribution in [0.15, 0.2) is 36.7 Å². The van der Waals surface area contributed by atoms with Gasteiger partial charge in [-0.3, -0.25) is 4.79 Å². The molecule has 1 aromatic carbocycles. The Morgan fingerprint density at radius 2 is 2.00 bits per heavy atom. The molecule has 2 aromatic rings. The van der Waals surface area contributed by atoms with E-state index in [0.717, 1.165) is 19.4 Å². The van der Waals surface area contributed by atoms with Crippen LogP contribution in [0.3, 0.4) is 0 Å². The number of rotatable bonds is 5. The third-order valence-electron chi connectivity index (χ3n) is 4.52. The lowest BCUT2D eigenvalue weighted by atomic mass is 9.97. The molecule has 1 atom stereocenters. The molecule has 142 valence electrons. The van der Waals surface area contributed by atoms with Crippen molar-refractivity contribution in [1.29, 1.82) is 0 Å². The average Bonchev–Trinajstić information content (AvgIpc) is 2.74. The largest absolute Gasteiger partial charge is 0.497 e. The van der Waals surface area contributed by atoms with Crippen molar-refractivity contribution in [2.45, 2.75) is 12.8 Å². The van der Waals surface area contributed by atoms with Crippen molar-refractivity contribution in [3.8, 4) is 5.75 Å². The third-order valence-corrected chi connectivity index (χ3v) is 4.52. The number of carbonyl (C=O) groups excluding carboxylic acids is 2. The van der Waals surface area contributed by atoms with E-state index in [1.165, 1.54) is 14.2 Å². The normalized spacial score (nSPS) is 16.5. The van der Waals surface area contributed by atoms with Gasteiger partial charge >= 0.3 is 5.97 Å². The molecule has 1 amide bonds.